The van der Waals surface area contributed by atoms with Gasteiger partial charge in [-0.1, -0.05) is 140 Å². The van der Waals surface area contributed by atoms with Crippen LogP contribution in [0.3, 0.4) is 0 Å². The van der Waals surface area contributed by atoms with E-state index in [1.807, 2.05) is 60.7 Å². The maximum absolute atomic E-state index is 16.2. The van der Waals surface area contributed by atoms with Crippen LogP contribution < -0.4 is 0 Å². The van der Waals surface area contributed by atoms with Gasteiger partial charge in [-0.25, -0.2) is 0 Å². The molecule has 4 heterocycles. The zero-order valence-corrected chi connectivity index (χ0v) is 38.5. The van der Waals surface area contributed by atoms with Gasteiger partial charge in [0.25, 0.3) is 5.97 Å². The molecule has 8 bridgehead atoms. The molecule has 0 aromatic heterocycles. The lowest BCUT2D eigenvalue weighted by atomic mass is 9.43. The Balaban J connectivity index is 1.16. The van der Waals surface area contributed by atoms with Gasteiger partial charge in [0.05, 0.1) is 17.9 Å². The Morgan fingerprint density at radius 3 is 2.23 bits per heavy atom. The van der Waals surface area contributed by atoms with Crippen molar-refractivity contribution in [2.75, 3.05) is 13.2 Å². The molecule has 13 unspecified atom stereocenters. The fourth-order valence-corrected chi connectivity index (χ4v) is 14.8. The summed E-state index contributed by atoms with van der Waals surface area (Å²) in [4.78, 5) is 30.6. The number of carbonyl (C=O) groups is 2. The molecule has 60 heavy (non-hydrogen) atoms. The fourth-order valence-electron chi connectivity index (χ4n) is 13.9. The summed E-state index contributed by atoms with van der Waals surface area (Å²) in [7, 11) is -1.74. The molecule has 7 fully saturated rings. The molecule has 0 amide bonds. The molecule has 8 aliphatic rings. The van der Waals surface area contributed by atoms with Crippen molar-refractivity contribution in [1.29, 1.82) is 0 Å². The van der Waals surface area contributed by atoms with Crippen molar-refractivity contribution in [2.45, 2.75) is 143 Å². The minimum atomic E-state index is -1.74. The van der Waals surface area contributed by atoms with Crippen LogP contribution in [0.25, 0.3) is 0 Å². The number of allylic oxidation sites excluding steroid dienone is 1. The van der Waals surface area contributed by atoms with Crippen molar-refractivity contribution < 1.29 is 42.4 Å². The van der Waals surface area contributed by atoms with Crippen molar-refractivity contribution >= 4 is 21.3 Å². The Morgan fingerprint density at radius 1 is 0.950 bits per heavy atom. The highest BCUT2D eigenvalue weighted by molar-refractivity contribution is 6.48. The summed E-state index contributed by atoms with van der Waals surface area (Å²) in [5.74, 6) is -3.08. The highest BCUT2D eigenvalue weighted by Gasteiger charge is 2.86. The van der Waals surface area contributed by atoms with E-state index in [-0.39, 0.29) is 48.3 Å². The minimum absolute atomic E-state index is 0.0123. The molecular formula is C50H68O9Si. The maximum Gasteiger partial charge on any atom is 0.318 e. The SMILES string of the molecule is CCCCCOC1C2OC3(O[SiH](C)C)OC(OCC45CC6C(C)CCC6C6(C=O)CC4C=C(C(C)C)C65C(=O)OC(c4ccccc4)c4ccccc4)(OC13)C2C(C)(C)C. The second-order valence-corrected chi connectivity index (χ2v) is 23.4. The van der Waals surface area contributed by atoms with Crippen LogP contribution in [0.2, 0.25) is 13.1 Å². The Kier molecular flexibility index (Phi) is 10.8. The molecule has 3 saturated carbocycles. The third kappa shape index (κ3) is 5.97. The lowest BCUT2D eigenvalue weighted by molar-refractivity contribution is -0.491. The van der Waals surface area contributed by atoms with Crippen LogP contribution in [0.4, 0.5) is 0 Å². The summed E-state index contributed by atoms with van der Waals surface area (Å²) in [6, 6.07) is 20.0. The normalized spacial score (nSPS) is 40.8. The first-order valence-electron chi connectivity index (χ1n) is 23.1. The lowest BCUT2D eigenvalue weighted by Gasteiger charge is -2.59. The monoisotopic (exact) mass is 840 g/mol. The average molecular weight is 841 g/mol. The Morgan fingerprint density at radius 2 is 1.63 bits per heavy atom. The molecule has 0 radical (unpaired) electrons. The Bertz CT molecular complexity index is 1910. The van der Waals surface area contributed by atoms with Crippen LogP contribution in [0.5, 0.6) is 0 Å². The highest BCUT2D eigenvalue weighted by atomic mass is 28.3. The lowest BCUT2D eigenvalue weighted by Crippen LogP contribution is -2.66. The van der Waals surface area contributed by atoms with Crippen LogP contribution >= 0.6 is 0 Å². The number of ether oxygens (including phenoxy) is 6. The summed E-state index contributed by atoms with van der Waals surface area (Å²) < 4.78 is 49.0. The summed E-state index contributed by atoms with van der Waals surface area (Å²) in [5.41, 5.74) is -0.648. The number of hydrogen-bond donors (Lipinski definition) is 0. The number of rotatable bonds is 16. The largest absolute Gasteiger partial charge is 0.452 e. The van der Waals surface area contributed by atoms with Crippen molar-refractivity contribution in [2.24, 2.45) is 57.2 Å². The molecule has 9 nitrogen and oxygen atoms in total. The maximum atomic E-state index is 16.2. The second kappa shape index (κ2) is 15.2. The zero-order valence-electron chi connectivity index (χ0n) is 37.3. The first-order chi connectivity index (χ1) is 28.6. The van der Waals surface area contributed by atoms with Crippen LogP contribution in [0.15, 0.2) is 72.3 Å². The van der Waals surface area contributed by atoms with E-state index in [4.69, 9.17) is 32.8 Å². The molecule has 13 atom stereocenters. The molecular weight excluding hydrogens is 773 g/mol. The highest BCUT2D eigenvalue weighted by Crippen LogP contribution is 2.83. The third-order valence-electron chi connectivity index (χ3n) is 16.0. The van der Waals surface area contributed by atoms with Crippen molar-refractivity contribution in [3.05, 3.63) is 83.4 Å². The van der Waals surface area contributed by atoms with Gasteiger partial charge < -0.3 is 32.9 Å². The quantitative estimate of drug-likeness (QED) is 0.0538. The third-order valence-corrected chi connectivity index (χ3v) is 16.8. The number of fused-ring (bicyclic) bond motifs is 2. The fraction of sp³-hybridized carbons (Fsp3) is 0.680. The van der Waals surface area contributed by atoms with Crippen molar-refractivity contribution in [3.63, 3.8) is 0 Å². The van der Waals surface area contributed by atoms with E-state index in [0.29, 0.717) is 18.9 Å². The van der Waals surface area contributed by atoms with E-state index in [9.17, 15) is 4.79 Å². The summed E-state index contributed by atoms with van der Waals surface area (Å²) in [5, 5.41) is 0. The number of hydrogen-bond acceptors (Lipinski definition) is 9. The van der Waals surface area contributed by atoms with Gasteiger partial charge in [-0.2, -0.15) is 0 Å². The second-order valence-electron chi connectivity index (χ2n) is 21.1. The molecule has 10 heteroatoms. The number of esters is 1. The molecule has 4 saturated heterocycles. The van der Waals surface area contributed by atoms with E-state index >= 15 is 4.79 Å². The van der Waals surface area contributed by atoms with Crippen LogP contribution in [-0.2, 0) is 42.4 Å². The Labute approximate surface area is 359 Å². The van der Waals surface area contributed by atoms with Crippen LogP contribution in [0, 0.1) is 57.2 Å². The van der Waals surface area contributed by atoms with E-state index < -0.39 is 61.0 Å². The van der Waals surface area contributed by atoms with Gasteiger partial charge in [-0.05, 0) is 84.9 Å². The van der Waals surface area contributed by atoms with E-state index in [1.54, 1.807) is 0 Å². The minimum Gasteiger partial charge on any atom is -0.452 e. The van der Waals surface area contributed by atoms with E-state index in [0.717, 1.165) is 55.2 Å². The van der Waals surface area contributed by atoms with Crippen LogP contribution in [0.1, 0.15) is 111 Å². The molecule has 4 aliphatic heterocycles. The smallest absolute Gasteiger partial charge is 0.318 e. The number of aldehydes is 1. The zero-order chi connectivity index (χ0) is 42.5. The first kappa shape index (κ1) is 42.6. The average Bonchev–Trinajstić information content (AvgIpc) is 3.91. The molecule has 4 aliphatic carbocycles. The molecule has 0 N–H and O–H groups in total. The van der Waals surface area contributed by atoms with Gasteiger partial charge in [-0.3, -0.25) is 9.53 Å². The summed E-state index contributed by atoms with van der Waals surface area (Å²) in [6.45, 7) is 20.3. The number of benzene rings is 2. The predicted molar refractivity (Wildman–Crippen MR) is 230 cm³/mol. The van der Waals surface area contributed by atoms with Crippen molar-refractivity contribution in [1.82, 2.24) is 0 Å². The van der Waals surface area contributed by atoms with E-state index in [2.05, 4.69) is 67.6 Å². The summed E-state index contributed by atoms with van der Waals surface area (Å²) >= 11 is 0. The number of unbranched alkanes of at least 4 members (excludes halogenated alkanes) is 2. The Hall–Kier alpha value is -2.70. The molecule has 326 valence electrons. The molecule has 2 aromatic carbocycles. The van der Waals surface area contributed by atoms with Gasteiger partial charge in [0.2, 0.25) is 0 Å². The topological polar surface area (TPSA) is 98.8 Å². The first-order valence-corrected chi connectivity index (χ1v) is 25.9. The van der Waals surface area contributed by atoms with Gasteiger partial charge in [0.1, 0.15) is 23.9 Å². The van der Waals surface area contributed by atoms with Gasteiger partial charge in [0.15, 0.2) is 21.2 Å². The van der Waals surface area contributed by atoms with Gasteiger partial charge in [0, 0.05) is 12.0 Å². The summed E-state index contributed by atoms with van der Waals surface area (Å²) in [6.07, 6.45) is 7.84. The van der Waals surface area contributed by atoms with Crippen LogP contribution in [-0.4, -0.2) is 64.8 Å². The van der Waals surface area contributed by atoms with Crippen molar-refractivity contribution in [3.8, 4) is 0 Å². The molecule has 10 rings (SSSR count). The molecule has 2 aromatic rings. The number of carbonyl (C=O) groups excluding carboxylic acids is 2. The molecule has 0 spiro atoms. The van der Waals surface area contributed by atoms with Gasteiger partial charge >= 0.3 is 11.9 Å². The predicted octanol–water partition coefficient (Wildman–Crippen LogP) is 9.55. The van der Waals surface area contributed by atoms with E-state index in [1.165, 1.54) is 6.29 Å². The standard InChI is InChI=1S/C50H68O9Si/c1-10-11-18-25-53-41-40-42(45(5,6)7)49(57-43(41)50(56-40,58-49)59-60(8)9)54-30-47-28-36-32(4)23-24-37(36)46(29-51)27-35(47)26-38(31(2)3)48(46,47)44(52)55-39(33-19-14-12-15-20-33)34-21-16-13-17-22-34/h12-17,19-22,26,29,31-32,35-37,39-43,60H,10-11,18,23-25,27-28,30H2,1-9H3. The van der Waals surface area contributed by atoms with Gasteiger partial charge in [-0.15, -0.1) is 0 Å².